The molecular formula is C81H158O17P2. The summed E-state index contributed by atoms with van der Waals surface area (Å²) >= 11 is 0. The van der Waals surface area contributed by atoms with Gasteiger partial charge in [-0.05, 0) is 43.4 Å². The quantitative estimate of drug-likeness (QED) is 0.0222. The third kappa shape index (κ3) is 74.3. The molecule has 100 heavy (non-hydrogen) atoms. The van der Waals surface area contributed by atoms with Crippen LogP contribution < -0.4 is 0 Å². The zero-order chi connectivity index (χ0) is 73.7. The molecule has 0 aromatic heterocycles. The number of carbonyl (C=O) groups is 4. The van der Waals surface area contributed by atoms with Crippen molar-refractivity contribution in [1.29, 1.82) is 0 Å². The first-order chi connectivity index (χ1) is 48.2. The Labute approximate surface area is 613 Å². The van der Waals surface area contributed by atoms with Crippen molar-refractivity contribution in [3.05, 3.63) is 0 Å². The van der Waals surface area contributed by atoms with E-state index in [1.54, 1.807) is 0 Å². The van der Waals surface area contributed by atoms with Gasteiger partial charge in [-0.1, -0.05) is 370 Å². The van der Waals surface area contributed by atoms with Crippen molar-refractivity contribution in [1.82, 2.24) is 0 Å². The number of ether oxygens (including phenoxy) is 4. The molecule has 0 amide bonds. The maximum Gasteiger partial charge on any atom is 0.472 e. The molecule has 0 spiro atoms. The summed E-state index contributed by atoms with van der Waals surface area (Å²) in [5.74, 6) is 0.161. The molecule has 0 heterocycles. The molecular weight excluding hydrogens is 1310 g/mol. The Hall–Kier alpha value is -1.94. The van der Waals surface area contributed by atoms with Gasteiger partial charge in [-0.25, -0.2) is 9.13 Å². The number of phosphoric acid groups is 2. The largest absolute Gasteiger partial charge is 0.472 e. The van der Waals surface area contributed by atoms with Gasteiger partial charge in [-0.15, -0.1) is 0 Å². The minimum Gasteiger partial charge on any atom is -0.462 e. The first-order valence-corrected chi connectivity index (χ1v) is 44.8. The van der Waals surface area contributed by atoms with Gasteiger partial charge >= 0.3 is 39.5 Å². The lowest BCUT2D eigenvalue weighted by Gasteiger charge is -2.21. The van der Waals surface area contributed by atoms with Crippen LogP contribution in [-0.4, -0.2) is 96.7 Å². The van der Waals surface area contributed by atoms with Crippen LogP contribution in [0.4, 0.5) is 0 Å². The van der Waals surface area contributed by atoms with Gasteiger partial charge < -0.3 is 33.8 Å². The fraction of sp³-hybridized carbons (Fsp3) is 0.951. The van der Waals surface area contributed by atoms with Gasteiger partial charge in [-0.3, -0.25) is 37.3 Å². The summed E-state index contributed by atoms with van der Waals surface area (Å²) in [6.45, 7) is 11.9. The van der Waals surface area contributed by atoms with Crippen LogP contribution in [0.2, 0.25) is 0 Å². The number of aliphatic hydroxyl groups is 1. The Morgan fingerprint density at radius 2 is 0.460 bits per heavy atom. The molecule has 0 aliphatic rings. The highest BCUT2D eigenvalue weighted by atomic mass is 31.2. The van der Waals surface area contributed by atoms with E-state index in [1.807, 2.05) is 0 Å². The summed E-state index contributed by atoms with van der Waals surface area (Å²) in [5, 5.41) is 10.6. The monoisotopic (exact) mass is 1470 g/mol. The fourth-order valence-electron chi connectivity index (χ4n) is 12.5. The van der Waals surface area contributed by atoms with Crippen LogP contribution in [0.1, 0.15) is 421 Å². The molecule has 0 aromatic carbocycles. The summed E-state index contributed by atoms with van der Waals surface area (Å²) in [7, 11) is -9.92. The minimum atomic E-state index is -4.96. The lowest BCUT2D eigenvalue weighted by Crippen LogP contribution is -2.30. The summed E-state index contributed by atoms with van der Waals surface area (Å²) in [4.78, 5) is 73.0. The number of unbranched alkanes of at least 4 members (excludes halogenated alkanes) is 47. The van der Waals surface area contributed by atoms with E-state index in [1.165, 1.54) is 231 Å². The van der Waals surface area contributed by atoms with Crippen LogP contribution in [0.15, 0.2) is 0 Å². The van der Waals surface area contributed by atoms with E-state index in [9.17, 15) is 43.2 Å². The second-order valence-corrected chi connectivity index (χ2v) is 33.5. The van der Waals surface area contributed by atoms with Gasteiger partial charge in [0.15, 0.2) is 12.2 Å². The van der Waals surface area contributed by atoms with Crippen LogP contribution >= 0.6 is 15.6 Å². The van der Waals surface area contributed by atoms with E-state index in [2.05, 4.69) is 48.5 Å². The van der Waals surface area contributed by atoms with Gasteiger partial charge in [-0.2, -0.15) is 0 Å². The average molecular weight is 1470 g/mol. The molecule has 2 unspecified atom stereocenters. The highest BCUT2D eigenvalue weighted by molar-refractivity contribution is 7.47. The molecule has 594 valence electrons. The Bertz CT molecular complexity index is 1940. The molecule has 0 aliphatic carbocycles. The van der Waals surface area contributed by atoms with Gasteiger partial charge in [0.25, 0.3) is 0 Å². The van der Waals surface area contributed by atoms with E-state index < -0.39 is 97.5 Å². The zero-order valence-electron chi connectivity index (χ0n) is 65.7. The fourth-order valence-corrected chi connectivity index (χ4v) is 14.1. The van der Waals surface area contributed by atoms with Crippen molar-refractivity contribution >= 4 is 39.5 Å². The number of aliphatic hydroxyl groups excluding tert-OH is 1. The summed E-state index contributed by atoms with van der Waals surface area (Å²) in [6, 6.07) is 0. The Kier molecular flexibility index (Phi) is 69.9. The molecule has 3 N–H and O–H groups in total. The Balaban J connectivity index is 5.24. The van der Waals surface area contributed by atoms with E-state index in [-0.39, 0.29) is 25.7 Å². The Morgan fingerprint density at radius 1 is 0.270 bits per heavy atom. The van der Waals surface area contributed by atoms with Crippen LogP contribution in [0.3, 0.4) is 0 Å². The highest BCUT2D eigenvalue weighted by Gasteiger charge is 2.30. The second kappa shape index (κ2) is 71.3. The first kappa shape index (κ1) is 98.1. The van der Waals surface area contributed by atoms with Crippen LogP contribution in [0.25, 0.3) is 0 Å². The third-order valence-electron chi connectivity index (χ3n) is 18.9. The number of carbonyl (C=O) groups excluding carboxylic acids is 4. The minimum absolute atomic E-state index is 0.106. The van der Waals surface area contributed by atoms with E-state index in [4.69, 9.17) is 37.0 Å². The molecule has 0 fully saturated rings. The normalized spacial score (nSPS) is 14.0. The van der Waals surface area contributed by atoms with E-state index >= 15 is 0 Å². The molecule has 17 nitrogen and oxygen atoms in total. The van der Waals surface area contributed by atoms with Crippen molar-refractivity contribution in [2.45, 2.75) is 439 Å². The van der Waals surface area contributed by atoms with Crippen LogP contribution in [0.5, 0.6) is 0 Å². The maximum atomic E-state index is 13.1. The summed E-state index contributed by atoms with van der Waals surface area (Å²) < 4.78 is 68.7. The lowest BCUT2D eigenvalue weighted by molar-refractivity contribution is -0.161. The predicted octanol–water partition coefficient (Wildman–Crippen LogP) is 24.1. The number of phosphoric ester groups is 2. The molecule has 0 saturated heterocycles. The summed E-state index contributed by atoms with van der Waals surface area (Å²) in [5.41, 5.74) is 0. The highest BCUT2D eigenvalue weighted by Crippen LogP contribution is 2.45. The third-order valence-corrected chi connectivity index (χ3v) is 20.8. The van der Waals surface area contributed by atoms with E-state index in [0.717, 1.165) is 108 Å². The van der Waals surface area contributed by atoms with Gasteiger partial charge in [0.2, 0.25) is 0 Å². The van der Waals surface area contributed by atoms with Gasteiger partial charge in [0.1, 0.15) is 19.3 Å². The number of hydrogen-bond donors (Lipinski definition) is 3. The van der Waals surface area contributed by atoms with E-state index in [0.29, 0.717) is 25.7 Å². The van der Waals surface area contributed by atoms with Crippen molar-refractivity contribution < 1.29 is 80.2 Å². The van der Waals surface area contributed by atoms with Crippen molar-refractivity contribution in [3.8, 4) is 0 Å². The molecule has 0 rings (SSSR count). The molecule has 5 atom stereocenters. The zero-order valence-corrected chi connectivity index (χ0v) is 67.5. The lowest BCUT2D eigenvalue weighted by atomic mass is 10.0. The van der Waals surface area contributed by atoms with Crippen molar-refractivity contribution in [3.63, 3.8) is 0 Å². The molecule has 0 saturated carbocycles. The van der Waals surface area contributed by atoms with Gasteiger partial charge in [0.05, 0.1) is 26.4 Å². The molecule has 0 aromatic rings. The SMILES string of the molecule is CCCCCCCCCCCCCCCCCCCCCCC(=O)O[C@H](COC(=O)CCCCCCCCCCCCCCC(C)C)COP(=O)(O)OC[C@@H](O)COP(=O)(O)OC[C@@H](COC(=O)CCCCCCCCCCC(C)C)OC(=O)CCCCCCCCCCCCCC(C)C. The van der Waals surface area contributed by atoms with Crippen LogP contribution in [-0.2, 0) is 65.4 Å². The average Bonchev–Trinajstić information content (AvgIpc) is 1.06. The second-order valence-electron chi connectivity index (χ2n) is 30.6. The molecule has 0 radical (unpaired) electrons. The number of hydrogen-bond acceptors (Lipinski definition) is 15. The summed E-state index contributed by atoms with van der Waals surface area (Å²) in [6.07, 6.45) is 59.7. The van der Waals surface area contributed by atoms with Crippen molar-refractivity contribution in [2.75, 3.05) is 39.6 Å². The molecule has 0 aliphatic heterocycles. The molecule has 0 bridgehead atoms. The molecule has 19 heteroatoms. The van der Waals surface area contributed by atoms with Gasteiger partial charge in [0, 0.05) is 25.7 Å². The topological polar surface area (TPSA) is 237 Å². The van der Waals surface area contributed by atoms with Crippen molar-refractivity contribution in [2.24, 2.45) is 17.8 Å². The maximum absolute atomic E-state index is 13.1. The number of rotatable bonds is 79. The smallest absolute Gasteiger partial charge is 0.462 e. The standard InChI is InChI=1S/C81H158O17P2/c1-8-9-10-11-12-13-14-15-16-17-18-19-20-21-22-29-34-43-50-57-64-80(85)97-76(68-91-78(83)62-55-48-41-33-28-24-23-26-31-38-45-52-59-72(2)3)70-95-99(87,88)93-66-75(82)67-94-100(89,90)96-71-77(69-92-79(84)63-56-49-42-37-36-40-47-54-61-74(6)7)98-81(86)65-58-51-44-35-30-25-27-32-39-46-53-60-73(4)5/h72-77,82H,8-71H2,1-7H3,(H,87,88)(H,89,90)/t75-,76-,77-/m1/s1. The van der Waals surface area contributed by atoms with Crippen LogP contribution in [0, 0.1) is 17.8 Å². The Morgan fingerprint density at radius 3 is 0.680 bits per heavy atom. The first-order valence-electron chi connectivity index (χ1n) is 41.8. The number of esters is 4. The predicted molar refractivity (Wildman–Crippen MR) is 409 cm³/mol.